The van der Waals surface area contributed by atoms with E-state index in [0.717, 1.165) is 135 Å². The van der Waals surface area contributed by atoms with Crippen molar-refractivity contribution in [2.75, 3.05) is 13.2 Å². The molecule has 0 aromatic rings. The lowest BCUT2D eigenvalue weighted by Crippen LogP contribution is -2.30. The maximum Gasteiger partial charge on any atom is 0.306 e. The summed E-state index contributed by atoms with van der Waals surface area (Å²) in [7, 11) is 0. The van der Waals surface area contributed by atoms with Crippen LogP contribution in [-0.4, -0.2) is 37.2 Å². The van der Waals surface area contributed by atoms with Gasteiger partial charge in [-0.2, -0.15) is 0 Å². The molecule has 0 aliphatic heterocycles. The van der Waals surface area contributed by atoms with Crippen molar-refractivity contribution in [2.24, 2.45) is 0 Å². The number of carbonyl (C=O) groups is 3. The fourth-order valence-corrected chi connectivity index (χ4v) is 9.19. The SMILES string of the molecule is CC/C=C\C/C=C\C/C=C\C/C=C\C/C=C\C/C=C\CCCCCCCCCCC(=O)OCC(COC(=O)CCCCCCC/C=C\C/C=C\CCC)OC(=O)CCCCCCCCCCCCCCCCCCCCC. The van der Waals surface area contributed by atoms with E-state index in [1.165, 1.54) is 141 Å². The third-order valence-corrected chi connectivity index (χ3v) is 14.1. The molecule has 0 bridgehead atoms. The minimum absolute atomic E-state index is 0.0842. The summed E-state index contributed by atoms with van der Waals surface area (Å²) in [6.07, 6.45) is 87.0. The monoisotopic (exact) mass is 1070 g/mol. The Balaban J connectivity index is 4.32. The van der Waals surface area contributed by atoms with Crippen LogP contribution in [0.1, 0.15) is 316 Å². The highest BCUT2D eigenvalue weighted by Crippen LogP contribution is 2.17. The lowest BCUT2D eigenvalue weighted by molar-refractivity contribution is -0.167. The second-order valence-electron chi connectivity index (χ2n) is 21.6. The molecule has 0 aliphatic carbocycles. The first-order valence-corrected chi connectivity index (χ1v) is 32.7. The zero-order valence-electron chi connectivity index (χ0n) is 50.7. The lowest BCUT2D eigenvalue weighted by Gasteiger charge is -2.18. The Hall–Kier alpha value is -3.67. The van der Waals surface area contributed by atoms with Crippen LogP contribution in [0.2, 0.25) is 0 Å². The first-order chi connectivity index (χ1) is 38.0. The molecule has 0 saturated heterocycles. The Kier molecular flexibility index (Phi) is 61.8. The molecule has 1 atom stereocenters. The van der Waals surface area contributed by atoms with E-state index < -0.39 is 6.10 Å². The van der Waals surface area contributed by atoms with E-state index >= 15 is 0 Å². The minimum atomic E-state index is -0.787. The van der Waals surface area contributed by atoms with Crippen molar-refractivity contribution in [3.8, 4) is 0 Å². The smallest absolute Gasteiger partial charge is 0.306 e. The molecule has 0 heterocycles. The van der Waals surface area contributed by atoms with Gasteiger partial charge in [-0.25, -0.2) is 0 Å². The predicted octanol–water partition coefficient (Wildman–Crippen LogP) is 22.4. The van der Waals surface area contributed by atoms with Gasteiger partial charge < -0.3 is 14.2 Å². The second kappa shape index (κ2) is 64.9. The molecule has 6 nitrogen and oxygen atoms in total. The number of ether oxygens (including phenoxy) is 3. The predicted molar refractivity (Wildman–Crippen MR) is 334 cm³/mol. The fourth-order valence-electron chi connectivity index (χ4n) is 9.19. The number of hydrogen-bond donors (Lipinski definition) is 0. The van der Waals surface area contributed by atoms with E-state index in [-0.39, 0.29) is 31.1 Å². The molecule has 6 heteroatoms. The molecule has 0 amide bonds. The van der Waals surface area contributed by atoms with Crippen LogP contribution in [0, 0.1) is 0 Å². The maximum absolute atomic E-state index is 12.9. The summed E-state index contributed by atoms with van der Waals surface area (Å²) in [5.41, 5.74) is 0. The van der Waals surface area contributed by atoms with Crippen molar-refractivity contribution in [1.82, 2.24) is 0 Å². The van der Waals surface area contributed by atoms with Crippen molar-refractivity contribution in [2.45, 2.75) is 322 Å². The van der Waals surface area contributed by atoms with Crippen molar-refractivity contribution < 1.29 is 28.6 Å². The van der Waals surface area contributed by atoms with Crippen LogP contribution in [0.3, 0.4) is 0 Å². The normalized spacial score (nSPS) is 12.7. The van der Waals surface area contributed by atoms with Gasteiger partial charge in [0.05, 0.1) is 0 Å². The van der Waals surface area contributed by atoms with Crippen molar-refractivity contribution >= 4 is 17.9 Å². The number of unbranched alkanes of at least 4 members (excludes halogenated alkanes) is 32. The van der Waals surface area contributed by atoms with E-state index in [2.05, 4.69) is 118 Å². The largest absolute Gasteiger partial charge is 0.462 e. The van der Waals surface area contributed by atoms with E-state index in [1.807, 2.05) is 0 Å². The van der Waals surface area contributed by atoms with Crippen LogP contribution in [0.4, 0.5) is 0 Å². The number of rotatable bonds is 59. The number of carbonyl (C=O) groups excluding carboxylic acids is 3. The molecular formula is C71H122O6. The molecule has 1 unspecified atom stereocenters. The summed E-state index contributed by atoms with van der Waals surface area (Å²) in [6, 6.07) is 0. The molecule has 0 rings (SSSR count). The quantitative estimate of drug-likeness (QED) is 0.0261. The molecule has 442 valence electrons. The molecule has 0 aromatic carbocycles. The molecule has 0 aliphatic rings. The molecular weight excluding hydrogens is 949 g/mol. The van der Waals surface area contributed by atoms with Gasteiger partial charge in [-0.1, -0.05) is 298 Å². The zero-order chi connectivity index (χ0) is 55.7. The topological polar surface area (TPSA) is 78.9 Å². The van der Waals surface area contributed by atoms with E-state index in [9.17, 15) is 14.4 Å². The van der Waals surface area contributed by atoms with Crippen molar-refractivity contribution in [3.05, 3.63) is 97.2 Å². The molecule has 0 fully saturated rings. The fraction of sp³-hybridized carbons (Fsp3) is 0.732. The van der Waals surface area contributed by atoms with E-state index in [0.29, 0.717) is 19.3 Å². The summed E-state index contributed by atoms with van der Waals surface area (Å²) < 4.78 is 16.9. The van der Waals surface area contributed by atoms with Gasteiger partial charge in [-0.3, -0.25) is 14.4 Å². The van der Waals surface area contributed by atoms with Gasteiger partial charge in [-0.05, 0) is 96.3 Å². The summed E-state index contributed by atoms with van der Waals surface area (Å²) in [4.78, 5) is 38.3. The number of esters is 3. The Morgan fingerprint density at radius 2 is 0.532 bits per heavy atom. The Labute approximate surface area is 477 Å². The van der Waals surface area contributed by atoms with Crippen LogP contribution in [-0.2, 0) is 28.6 Å². The van der Waals surface area contributed by atoms with Gasteiger partial charge in [0.2, 0.25) is 0 Å². The first-order valence-electron chi connectivity index (χ1n) is 32.7. The Morgan fingerprint density at radius 3 is 0.844 bits per heavy atom. The average Bonchev–Trinajstić information content (AvgIpc) is 3.43. The highest BCUT2D eigenvalue weighted by atomic mass is 16.6. The minimum Gasteiger partial charge on any atom is -0.462 e. The van der Waals surface area contributed by atoms with E-state index in [1.54, 1.807) is 0 Å². The lowest BCUT2D eigenvalue weighted by atomic mass is 10.0. The standard InChI is InChI=1S/C71H122O6/c1-4-7-10-13-16-19-22-25-27-29-31-32-33-34-35-36-37-38-40-41-43-46-49-52-55-58-61-64-70(73)76-67-68(66-75-69(72)63-60-57-54-51-48-45-24-21-18-15-12-9-6-3)77-71(74)65-62-59-56-53-50-47-44-42-39-30-28-26-23-20-17-14-11-8-5-2/h7,10,12,15-16,19,21,24-25,27,31-32,34-35,37-38,68H,4-6,8-9,11,13-14,17-18,20,22-23,26,28-30,33,36,39-67H2,1-3H3/b10-7-,15-12-,19-16-,24-21-,27-25-,32-31-,35-34-,38-37-. The van der Waals surface area contributed by atoms with Gasteiger partial charge in [0.15, 0.2) is 6.10 Å². The molecule has 0 saturated carbocycles. The van der Waals surface area contributed by atoms with Gasteiger partial charge in [0, 0.05) is 19.3 Å². The van der Waals surface area contributed by atoms with Gasteiger partial charge in [-0.15, -0.1) is 0 Å². The highest BCUT2D eigenvalue weighted by molar-refractivity contribution is 5.71. The highest BCUT2D eigenvalue weighted by Gasteiger charge is 2.19. The van der Waals surface area contributed by atoms with Crippen LogP contribution < -0.4 is 0 Å². The third kappa shape index (κ3) is 63.0. The summed E-state index contributed by atoms with van der Waals surface area (Å²) in [5.74, 6) is -0.893. The second-order valence-corrected chi connectivity index (χ2v) is 21.6. The maximum atomic E-state index is 12.9. The molecule has 0 spiro atoms. The molecule has 77 heavy (non-hydrogen) atoms. The Morgan fingerprint density at radius 1 is 0.273 bits per heavy atom. The van der Waals surface area contributed by atoms with Gasteiger partial charge in [0.25, 0.3) is 0 Å². The summed E-state index contributed by atoms with van der Waals surface area (Å²) >= 11 is 0. The average molecular weight is 1070 g/mol. The van der Waals surface area contributed by atoms with Crippen molar-refractivity contribution in [3.63, 3.8) is 0 Å². The van der Waals surface area contributed by atoms with Crippen molar-refractivity contribution in [1.29, 1.82) is 0 Å². The summed E-state index contributed by atoms with van der Waals surface area (Å²) in [6.45, 7) is 6.48. The van der Waals surface area contributed by atoms with Crippen LogP contribution >= 0.6 is 0 Å². The molecule has 0 aromatic heterocycles. The van der Waals surface area contributed by atoms with Gasteiger partial charge >= 0.3 is 17.9 Å². The third-order valence-electron chi connectivity index (χ3n) is 14.1. The molecule has 0 N–H and O–H groups in total. The number of hydrogen-bond acceptors (Lipinski definition) is 6. The van der Waals surface area contributed by atoms with Crippen LogP contribution in [0.15, 0.2) is 97.2 Å². The van der Waals surface area contributed by atoms with E-state index in [4.69, 9.17) is 14.2 Å². The summed E-state index contributed by atoms with van der Waals surface area (Å²) in [5, 5.41) is 0. The Bertz CT molecular complexity index is 1510. The zero-order valence-corrected chi connectivity index (χ0v) is 50.7. The van der Waals surface area contributed by atoms with Gasteiger partial charge in [0.1, 0.15) is 13.2 Å². The first kappa shape index (κ1) is 73.3. The molecule has 0 radical (unpaired) electrons. The van der Waals surface area contributed by atoms with Crippen LogP contribution in [0.5, 0.6) is 0 Å². The van der Waals surface area contributed by atoms with Crippen LogP contribution in [0.25, 0.3) is 0 Å². The number of allylic oxidation sites excluding steroid dienone is 16.